The molecule has 0 radical (unpaired) electrons. The van der Waals surface area contributed by atoms with Crippen LogP contribution in [0, 0.1) is 0 Å². The van der Waals surface area contributed by atoms with Gasteiger partial charge in [0, 0.05) is 11.5 Å². The zero-order valence-electron chi connectivity index (χ0n) is 16.9. The largest absolute Gasteiger partial charge is 0.497 e. The number of hydrogen-bond acceptors (Lipinski definition) is 4. The van der Waals surface area contributed by atoms with E-state index in [9.17, 15) is 0 Å². The maximum absolute atomic E-state index is 5.85. The molecule has 5 rings (SSSR count). The third-order valence-electron chi connectivity index (χ3n) is 6.01. The average molecular weight is 406 g/mol. The molecule has 0 aromatic heterocycles. The molecule has 0 spiro atoms. The minimum Gasteiger partial charge on any atom is -0.497 e. The van der Waals surface area contributed by atoms with E-state index in [2.05, 4.69) is 41.1 Å². The number of rotatable bonds is 6. The van der Waals surface area contributed by atoms with E-state index in [1.807, 2.05) is 25.1 Å². The highest BCUT2D eigenvalue weighted by Gasteiger charge is 2.27. The van der Waals surface area contributed by atoms with Crippen LogP contribution >= 0.6 is 11.8 Å². The van der Waals surface area contributed by atoms with Crippen LogP contribution in [0.1, 0.15) is 36.8 Å². The Balaban J connectivity index is 1.45. The third kappa shape index (κ3) is 3.65. The molecule has 2 heterocycles. The fourth-order valence-electron chi connectivity index (χ4n) is 4.63. The molecule has 1 N–H and O–H groups in total. The van der Waals surface area contributed by atoms with E-state index in [0.717, 1.165) is 45.4 Å². The summed E-state index contributed by atoms with van der Waals surface area (Å²) in [6.07, 6.45) is 13.1. The van der Waals surface area contributed by atoms with Crippen molar-refractivity contribution in [2.45, 2.75) is 25.7 Å². The zero-order chi connectivity index (χ0) is 19.6. The summed E-state index contributed by atoms with van der Waals surface area (Å²) >= 11 is 1.81. The van der Waals surface area contributed by atoms with Crippen molar-refractivity contribution in [3.8, 4) is 0 Å². The van der Waals surface area contributed by atoms with Crippen molar-refractivity contribution in [1.82, 2.24) is 5.32 Å². The van der Waals surface area contributed by atoms with Crippen molar-refractivity contribution in [3.63, 3.8) is 0 Å². The normalized spacial score (nSPS) is 19.3. The minimum absolute atomic E-state index is 0.696. The lowest BCUT2D eigenvalue weighted by Gasteiger charge is -2.16. The van der Waals surface area contributed by atoms with E-state index >= 15 is 0 Å². The maximum Gasteiger partial charge on any atom is 0.110 e. The van der Waals surface area contributed by atoms with Crippen molar-refractivity contribution in [2.75, 3.05) is 33.4 Å². The molecule has 0 amide bonds. The molecular weight excluding hydrogens is 378 g/mol. The van der Waals surface area contributed by atoms with Gasteiger partial charge in [0.25, 0.3) is 0 Å². The summed E-state index contributed by atoms with van der Waals surface area (Å²) in [6.45, 7) is 3.24. The molecule has 4 aliphatic rings. The Morgan fingerprint density at radius 3 is 3.10 bits per heavy atom. The van der Waals surface area contributed by atoms with Crippen molar-refractivity contribution in [2.24, 2.45) is 0 Å². The first kappa shape index (κ1) is 19.0. The SMILES string of the molecule is CNCCCOCC1=Cc2ccc3c(c2=CS1)=CCCC1=C3C2=C(COC=C2)C1. The van der Waals surface area contributed by atoms with Gasteiger partial charge in [-0.2, -0.15) is 0 Å². The molecule has 0 atom stereocenters. The van der Waals surface area contributed by atoms with Gasteiger partial charge in [-0.3, -0.25) is 0 Å². The molecule has 1 aromatic rings. The summed E-state index contributed by atoms with van der Waals surface area (Å²) in [6, 6.07) is 4.62. The van der Waals surface area contributed by atoms with Crippen LogP contribution in [-0.4, -0.2) is 33.4 Å². The molecule has 3 nitrogen and oxygen atoms in total. The molecule has 29 heavy (non-hydrogen) atoms. The second kappa shape index (κ2) is 8.39. The molecule has 2 aliphatic carbocycles. The van der Waals surface area contributed by atoms with E-state index in [4.69, 9.17) is 9.47 Å². The van der Waals surface area contributed by atoms with Crippen molar-refractivity contribution in [1.29, 1.82) is 0 Å². The Hall–Kier alpha value is -2.01. The summed E-state index contributed by atoms with van der Waals surface area (Å²) in [7, 11) is 1.98. The van der Waals surface area contributed by atoms with E-state index in [1.165, 1.54) is 43.2 Å². The molecule has 0 fully saturated rings. The van der Waals surface area contributed by atoms with Gasteiger partial charge in [0.1, 0.15) is 6.61 Å². The third-order valence-corrected chi connectivity index (χ3v) is 6.90. The summed E-state index contributed by atoms with van der Waals surface area (Å²) in [4.78, 5) is 1.29. The molecule has 0 unspecified atom stereocenters. The first-order chi connectivity index (χ1) is 14.3. The summed E-state index contributed by atoms with van der Waals surface area (Å²) < 4.78 is 11.4. The lowest BCUT2D eigenvalue weighted by atomic mass is 9.93. The molecule has 150 valence electrons. The van der Waals surface area contributed by atoms with Crippen LogP contribution in [0.5, 0.6) is 0 Å². The van der Waals surface area contributed by atoms with E-state index in [1.54, 1.807) is 5.57 Å². The number of ether oxygens (including phenoxy) is 2. The fraction of sp³-hybridized carbons (Fsp3) is 0.360. The topological polar surface area (TPSA) is 30.5 Å². The fourth-order valence-corrected chi connectivity index (χ4v) is 5.51. The molecule has 0 bridgehead atoms. The Bertz CT molecular complexity index is 1070. The van der Waals surface area contributed by atoms with Gasteiger partial charge in [-0.1, -0.05) is 35.5 Å². The van der Waals surface area contributed by atoms with Gasteiger partial charge in [0.05, 0.1) is 12.9 Å². The summed E-state index contributed by atoms with van der Waals surface area (Å²) in [5.74, 6) is 0. The highest BCUT2D eigenvalue weighted by atomic mass is 32.2. The Labute approximate surface area is 176 Å². The zero-order valence-corrected chi connectivity index (χ0v) is 17.7. The lowest BCUT2D eigenvalue weighted by molar-refractivity contribution is 0.158. The number of fused-ring (bicyclic) bond motifs is 5. The van der Waals surface area contributed by atoms with Crippen LogP contribution in [0.3, 0.4) is 0 Å². The summed E-state index contributed by atoms with van der Waals surface area (Å²) in [5, 5.41) is 8.25. The number of benzene rings is 1. The van der Waals surface area contributed by atoms with Gasteiger partial charge >= 0.3 is 0 Å². The highest BCUT2D eigenvalue weighted by Crippen LogP contribution is 2.42. The number of thioether (sulfide) groups is 1. The molecule has 4 heteroatoms. The standard InChI is InChI=1S/C25H27NO2S/c1-26-9-3-10-27-15-20-13-17-6-7-23-22(24(17)16-29-20)5-2-4-18-12-19-14-28-11-8-21(19)25(18)23/h5-8,11,13,16,26H,2-4,9-10,12,14-15H2,1H3. The predicted octanol–water partition coefficient (Wildman–Crippen LogP) is 3.71. The Morgan fingerprint density at radius 1 is 1.21 bits per heavy atom. The molecule has 0 saturated heterocycles. The predicted molar refractivity (Wildman–Crippen MR) is 122 cm³/mol. The second-order valence-electron chi connectivity index (χ2n) is 7.91. The number of nitrogens with one attached hydrogen (secondary N) is 1. The van der Waals surface area contributed by atoms with Crippen LogP contribution in [0.4, 0.5) is 0 Å². The van der Waals surface area contributed by atoms with Crippen LogP contribution in [-0.2, 0) is 9.47 Å². The first-order valence-electron chi connectivity index (χ1n) is 10.5. The second-order valence-corrected chi connectivity index (χ2v) is 8.91. The molecule has 0 saturated carbocycles. The van der Waals surface area contributed by atoms with Gasteiger partial charge in [0.15, 0.2) is 0 Å². The van der Waals surface area contributed by atoms with E-state index in [-0.39, 0.29) is 0 Å². The van der Waals surface area contributed by atoms with Gasteiger partial charge in [0.2, 0.25) is 0 Å². The van der Waals surface area contributed by atoms with Gasteiger partial charge in [-0.25, -0.2) is 0 Å². The molecule has 2 aliphatic heterocycles. The number of hydrogen-bond donors (Lipinski definition) is 1. The minimum atomic E-state index is 0.696. The Morgan fingerprint density at radius 2 is 2.17 bits per heavy atom. The quantitative estimate of drug-likeness (QED) is 0.731. The van der Waals surface area contributed by atoms with Crippen molar-refractivity contribution >= 4 is 34.9 Å². The van der Waals surface area contributed by atoms with E-state index < -0.39 is 0 Å². The monoisotopic (exact) mass is 405 g/mol. The lowest BCUT2D eigenvalue weighted by Crippen LogP contribution is -2.31. The molecular formula is C25H27NO2S. The van der Waals surface area contributed by atoms with Crippen LogP contribution in [0.2, 0.25) is 0 Å². The van der Waals surface area contributed by atoms with Gasteiger partial charge in [-0.05, 0) is 95.1 Å². The van der Waals surface area contributed by atoms with Gasteiger partial charge in [-0.15, -0.1) is 0 Å². The van der Waals surface area contributed by atoms with Crippen LogP contribution in [0.25, 0.3) is 23.1 Å². The average Bonchev–Trinajstić information content (AvgIpc) is 3.01. The maximum atomic E-state index is 5.85. The van der Waals surface area contributed by atoms with Crippen molar-refractivity contribution < 1.29 is 9.47 Å². The smallest absolute Gasteiger partial charge is 0.110 e. The highest BCUT2D eigenvalue weighted by molar-refractivity contribution is 8.10. The summed E-state index contributed by atoms with van der Waals surface area (Å²) in [5.41, 5.74) is 8.59. The van der Waals surface area contributed by atoms with Crippen LogP contribution < -0.4 is 15.8 Å². The molecule has 1 aromatic carbocycles. The van der Waals surface area contributed by atoms with E-state index in [0.29, 0.717) is 6.61 Å². The Kier molecular flexibility index (Phi) is 5.49. The van der Waals surface area contributed by atoms with Crippen molar-refractivity contribution in [3.05, 3.63) is 67.7 Å². The van der Waals surface area contributed by atoms with Gasteiger partial charge < -0.3 is 14.8 Å². The van der Waals surface area contributed by atoms with Crippen LogP contribution in [0.15, 0.2) is 46.1 Å². The first-order valence-corrected chi connectivity index (χ1v) is 11.4. The number of allylic oxidation sites excluding steroid dienone is 4.